The van der Waals surface area contributed by atoms with Crippen molar-refractivity contribution < 1.29 is 14.3 Å². The lowest BCUT2D eigenvalue weighted by Gasteiger charge is -2.16. The number of benzene rings is 1. The van der Waals surface area contributed by atoms with Gasteiger partial charge in [0, 0.05) is 33.8 Å². The average Bonchev–Trinajstić information content (AvgIpc) is 3.17. The van der Waals surface area contributed by atoms with Crippen molar-refractivity contribution >= 4 is 11.9 Å². The number of nitrogens with zero attached hydrogens (tertiary/aromatic N) is 2. The Morgan fingerprint density at radius 1 is 1.37 bits per heavy atom. The Morgan fingerprint density at radius 3 is 2.93 bits per heavy atom. The molecule has 0 radical (unpaired) electrons. The number of likely N-dealkylation sites (N-methyl/N-ethyl adjacent to an activating group) is 1. The minimum atomic E-state index is -0.0300. The first-order chi connectivity index (χ1) is 13.1. The average molecular weight is 377 g/mol. The van der Waals surface area contributed by atoms with E-state index in [-0.39, 0.29) is 18.6 Å². The second kappa shape index (κ2) is 11.4. The number of carbonyl (C=O) groups is 1. The van der Waals surface area contributed by atoms with Crippen LogP contribution in [0.5, 0.6) is 5.75 Å². The lowest BCUT2D eigenvalue weighted by atomic mass is 10.1. The molecule has 1 amide bonds. The van der Waals surface area contributed by atoms with Crippen molar-refractivity contribution in [1.29, 1.82) is 0 Å². The van der Waals surface area contributed by atoms with Crippen LogP contribution in [0.3, 0.4) is 0 Å². The van der Waals surface area contributed by atoms with Crippen molar-refractivity contribution in [2.75, 3.05) is 46.9 Å². The number of hydrogen-bond donors (Lipinski definition) is 2. The number of carbonyl (C=O) groups excluding carboxylic acids is 1. The first-order valence-electron chi connectivity index (χ1n) is 9.64. The van der Waals surface area contributed by atoms with Crippen molar-refractivity contribution in [3.63, 3.8) is 0 Å². The van der Waals surface area contributed by atoms with E-state index in [1.54, 1.807) is 19.0 Å². The Balaban J connectivity index is 1.86. The van der Waals surface area contributed by atoms with E-state index in [2.05, 4.69) is 27.8 Å². The third kappa shape index (κ3) is 7.86. The summed E-state index contributed by atoms with van der Waals surface area (Å²) in [6.07, 6.45) is 3.20. The predicted octanol–water partition coefficient (Wildman–Crippen LogP) is 1.43. The molecule has 1 aromatic rings. The summed E-state index contributed by atoms with van der Waals surface area (Å²) in [5.74, 6) is 1.50. The van der Waals surface area contributed by atoms with Crippen LogP contribution in [0, 0.1) is 0 Å². The number of aliphatic imine (C=N–C) groups is 1. The first-order valence-corrected chi connectivity index (χ1v) is 9.64. The molecule has 0 aromatic heterocycles. The van der Waals surface area contributed by atoms with Crippen LogP contribution in [0.15, 0.2) is 29.3 Å². The molecule has 7 nitrogen and oxygen atoms in total. The van der Waals surface area contributed by atoms with Crippen LogP contribution in [-0.2, 0) is 16.0 Å². The van der Waals surface area contributed by atoms with E-state index in [0.717, 1.165) is 31.6 Å². The molecule has 27 heavy (non-hydrogen) atoms. The minimum absolute atomic E-state index is 0.0300. The molecule has 150 valence electrons. The van der Waals surface area contributed by atoms with Crippen molar-refractivity contribution in [3.05, 3.63) is 29.8 Å². The molecule has 7 heteroatoms. The first kappa shape index (κ1) is 21.0. The van der Waals surface area contributed by atoms with E-state index >= 15 is 0 Å². The summed E-state index contributed by atoms with van der Waals surface area (Å²) < 4.78 is 11.2. The van der Waals surface area contributed by atoms with Crippen LogP contribution in [0.2, 0.25) is 0 Å². The zero-order valence-electron chi connectivity index (χ0n) is 16.7. The largest absolute Gasteiger partial charge is 0.494 e. The maximum atomic E-state index is 11.8. The molecular formula is C20H32N4O3. The smallest absolute Gasteiger partial charge is 0.243 e. The number of nitrogens with one attached hydrogen (secondary N) is 2. The maximum Gasteiger partial charge on any atom is 0.243 e. The summed E-state index contributed by atoms with van der Waals surface area (Å²) in [5.41, 5.74) is 1.19. The molecule has 0 bridgehead atoms. The van der Waals surface area contributed by atoms with Gasteiger partial charge in [0.2, 0.25) is 5.91 Å². The third-order valence-corrected chi connectivity index (χ3v) is 4.31. The molecule has 2 N–H and O–H groups in total. The van der Waals surface area contributed by atoms with Crippen LogP contribution in [0.1, 0.15) is 25.3 Å². The normalized spacial score (nSPS) is 16.9. The van der Waals surface area contributed by atoms with Gasteiger partial charge >= 0.3 is 0 Å². The van der Waals surface area contributed by atoms with Gasteiger partial charge in [0.15, 0.2) is 5.96 Å². The van der Waals surface area contributed by atoms with Gasteiger partial charge in [-0.1, -0.05) is 12.1 Å². The highest BCUT2D eigenvalue weighted by Gasteiger charge is 2.15. The highest BCUT2D eigenvalue weighted by atomic mass is 16.5. The maximum absolute atomic E-state index is 11.8. The Morgan fingerprint density at radius 2 is 2.22 bits per heavy atom. The van der Waals surface area contributed by atoms with Crippen molar-refractivity contribution in [3.8, 4) is 5.75 Å². The SMILES string of the molecule is CCOc1cccc(CCNC(=NCC(=O)N(C)C)NCC2CCCO2)c1. The van der Waals surface area contributed by atoms with Crippen LogP contribution in [-0.4, -0.2) is 69.8 Å². The second-order valence-corrected chi connectivity index (χ2v) is 6.73. The number of amides is 1. The molecule has 1 fully saturated rings. The quantitative estimate of drug-likeness (QED) is 0.504. The van der Waals surface area contributed by atoms with Crippen LogP contribution in [0.4, 0.5) is 0 Å². The van der Waals surface area contributed by atoms with Gasteiger partial charge in [0.1, 0.15) is 12.3 Å². The molecule has 1 aliphatic heterocycles. The lowest BCUT2D eigenvalue weighted by molar-refractivity contribution is -0.127. The van der Waals surface area contributed by atoms with Crippen LogP contribution >= 0.6 is 0 Å². The van der Waals surface area contributed by atoms with E-state index in [1.165, 1.54) is 5.56 Å². The molecule has 1 unspecified atom stereocenters. The molecule has 0 aliphatic carbocycles. The van der Waals surface area contributed by atoms with Crippen molar-refractivity contribution in [2.24, 2.45) is 4.99 Å². The summed E-state index contributed by atoms with van der Waals surface area (Å²) in [5, 5.41) is 6.60. The van der Waals surface area contributed by atoms with Gasteiger partial charge in [-0.25, -0.2) is 4.99 Å². The van der Waals surface area contributed by atoms with Gasteiger partial charge in [-0.2, -0.15) is 0 Å². The Kier molecular flexibility index (Phi) is 8.91. The van der Waals surface area contributed by atoms with Gasteiger partial charge in [-0.3, -0.25) is 4.79 Å². The highest BCUT2D eigenvalue weighted by Crippen LogP contribution is 2.13. The zero-order valence-corrected chi connectivity index (χ0v) is 16.7. The summed E-state index contributed by atoms with van der Waals surface area (Å²) in [6, 6.07) is 8.10. The number of guanidine groups is 1. The summed E-state index contributed by atoms with van der Waals surface area (Å²) in [7, 11) is 3.46. The predicted molar refractivity (Wildman–Crippen MR) is 107 cm³/mol. The minimum Gasteiger partial charge on any atom is -0.494 e. The van der Waals surface area contributed by atoms with Gasteiger partial charge in [-0.05, 0) is 43.9 Å². The Hall–Kier alpha value is -2.28. The Labute approximate surface area is 162 Å². The van der Waals surface area contributed by atoms with Crippen LogP contribution < -0.4 is 15.4 Å². The molecule has 0 spiro atoms. The van der Waals surface area contributed by atoms with Crippen molar-refractivity contribution in [1.82, 2.24) is 15.5 Å². The summed E-state index contributed by atoms with van der Waals surface area (Å²) in [6.45, 7) is 4.98. The molecule has 1 heterocycles. The van der Waals surface area contributed by atoms with E-state index in [4.69, 9.17) is 9.47 Å². The van der Waals surface area contributed by atoms with E-state index in [1.807, 2.05) is 19.1 Å². The van der Waals surface area contributed by atoms with Gasteiger partial charge in [0.25, 0.3) is 0 Å². The second-order valence-electron chi connectivity index (χ2n) is 6.73. The summed E-state index contributed by atoms with van der Waals surface area (Å²) in [4.78, 5) is 17.8. The van der Waals surface area contributed by atoms with Crippen molar-refractivity contribution in [2.45, 2.75) is 32.3 Å². The fourth-order valence-electron chi connectivity index (χ4n) is 2.76. The van der Waals surface area contributed by atoms with Gasteiger partial charge in [-0.15, -0.1) is 0 Å². The monoisotopic (exact) mass is 376 g/mol. The highest BCUT2D eigenvalue weighted by molar-refractivity contribution is 5.84. The van der Waals surface area contributed by atoms with Gasteiger partial charge < -0.3 is 25.0 Å². The molecule has 0 saturated carbocycles. The molecule has 1 atom stereocenters. The molecule has 1 saturated heterocycles. The number of rotatable bonds is 9. The molecule has 2 rings (SSSR count). The Bertz CT molecular complexity index is 613. The zero-order chi connectivity index (χ0) is 19.5. The molecule has 1 aromatic carbocycles. The van der Waals surface area contributed by atoms with Gasteiger partial charge in [0.05, 0.1) is 12.7 Å². The van der Waals surface area contributed by atoms with E-state index < -0.39 is 0 Å². The summed E-state index contributed by atoms with van der Waals surface area (Å²) >= 11 is 0. The van der Waals surface area contributed by atoms with E-state index in [0.29, 0.717) is 25.7 Å². The van der Waals surface area contributed by atoms with Crippen LogP contribution in [0.25, 0.3) is 0 Å². The topological polar surface area (TPSA) is 75.2 Å². The molecule has 1 aliphatic rings. The van der Waals surface area contributed by atoms with E-state index in [9.17, 15) is 4.79 Å². The lowest BCUT2D eigenvalue weighted by Crippen LogP contribution is -2.42. The standard InChI is InChI=1S/C20H32N4O3/c1-4-26-17-8-5-7-16(13-17)10-11-21-20(23-15-19(25)24(2)3)22-14-18-9-6-12-27-18/h5,7-8,13,18H,4,6,9-12,14-15H2,1-3H3,(H2,21,22,23). The third-order valence-electron chi connectivity index (χ3n) is 4.31. The fraction of sp³-hybridized carbons (Fsp3) is 0.600. The number of hydrogen-bond acceptors (Lipinski definition) is 4. The number of ether oxygens (including phenoxy) is 2. The molecular weight excluding hydrogens is 344 g/mol. The fourth-order valence-corrected chi connectivity index (χ4v) is 2.76.